The first-order chi connectivity index (χ1) is 17.0. The molecule has 3 N–H and O–H groups in total. The molecule has 35 heavy (non-hydrogen) atoms. The van der Waals surface area contributed by atoms with Crippen LogP contribution >= 0.6 is 0 Å². The van der Waals surface area contributed by atoms with Crippen molar-refractivity contribution in [2.24, 2.45) is 0 Å². The number of carbonyl (C=O) groups is 1. The van der Waals surface area contributed by atoms with Crippen LogP contribution in [0.1, 0.15) is 39.0 Å². The average Bonchev–Trinajstić information content (AvgIpc) is 2.97. The Kier molecular flexibility index (Phi) is 6.19. The molecule has 4 aromatic rings. The number of hydrogen-bond donors (Lipinski definition) is 3. The molecule has 5 rings (SSSR count). The van der Waals surface area contributed by atoms with Crippen LogP contribution in [0.3, 0.4) is 0 Å². The van der Waals surface area contributed by atoms with Crippen molar-refractivity contribution in [1.82, 2.24) is 4.98 Å². The topological polar surface area (TPSA) is 74.2 Å². The van der Waals surface area contributed by atoms with Gasteiger partial charge in [0.15, 0.2) is 5.78 Å². The zero-order valence-corrected chi connectivity index (χ0v) is 19.4. The molecule has 0 aliphatic carbocycles. The number of anilines is 4. The molecule has 0 fully saturated rings. The third kappa shape index (κ3) is 5.01. The summed E-state index contributed by atoms with van der Waals surface area (Å²) in [6.07, 6.45) is 4.44. The van der Waals surface area contributed by atoms with E-state index in [9.17, 15) is 14.3 Å². The van der Waals surface area contributed by atoms with Gasteiger partial charge in [0.25, 0.3) is 0 Å². The summed E-state index contributed by atoms with van der Waals surface area (Å²) >= 11 is 0. The molecule has 0 spiro atoms. The molecular weight excluding hydrogens is 441 g/mol. The molecule has 1 aliphatic rings. The van der Waals surface area contributed by atoms with Crippen molar-refractivity contribution in [2.45, 2.75) is 32.6 Å². The predicted molar refractivity (Wildman–Crippen MR) is 137 cm³/mol. The molecule has 0 saturated heterocycles. The highest BCUT2D eigenvalue weighted by Gasteiger charge is 2.24. The number of nitrogens with one attached hydrogen (secondary N) is 2. The van der Waals surface area contributed by atoms with Gasteiger partial charge in [-0.3, -0.25) is 4.79 Å². The van der Waals surface area contributed by atoms with Crippen molar-refractivity contribution in [1.29, 1.82) is 0 Å². The van der Waals surface area contributed by atoms with Crippen LogP contribution < -0.4 is 10.6 Å². The minimum absolute atomic E-state index is 0.0310. The van der Waals surface area contributed by atoms with Gasteiger partial charge in [-0.25, -0.2) is 9.37 Å². The van der Waals surface area contributed by atoms with E-state index in [4.69, 9.17) is 0 Å². The first-order valence-corrected chi connectivity index (χ1v) is 11.7. The minimum atomic E-state index is -0.210. The van der Waals surface area contributed by atoms with E-state index in [0.717, 1.165) is 52.9 Å². The second-order valence-electron chi connectivity index (χ2n) is 8.91. The molecule has 5 nitrogen and oxygen atoms in total. The summed E-state index contributed by atoms with van der Waals surface area (Å²) in [5, 5.41) is 16.5. The van der Waals surface area contributed by atoms with Gasteiger partial charge >= 0.3 is 0 Å². The highest BCUT2D eigenvalue weighted by atomic mass is 19.1. The number of rotatable bonds is 6. The monoisotopic (exact) mass is 467 g/mol. The molecule has 0 atom stereocenters. The second kappa shape index (κ2) is 9.58. The van der Waals surface area contributed by atoms with Crippen LogP contribution in [0.4, 0.5) is 27.3 Å². The van der Waals surface area contributed by atoms with Gasteiger partial charge in [-0.05, 0) is 78.8 Å². The van der Waals surface area contributed by atoms with Crippen molar-refractivity contribution in [3.63, 3.8) is 0 Å². The number of pyridine rings is 1. The maximum atomic E-state index is 13.4. The van der Waals surface area contributed by atoms with E-state index in [1.54, 1.807) is 36.5 Å². The number of benzene rings is 3. The van der Waals surface area contributed by atoms with E-state index in [1.807, 2.05) is 25.1 Å². The van der Waals surface area contributed by atoms with Crippen LogP contribution in [-0.4, -0.2) is 15.9 Å². The number of Topliss-reactive ketones (excluding diaryl/α,β-unsaturated/α-hetero) is 1. The summed E-state index contributed by atoms with van der Waals surface area (Å²) in [5.41, 5.74) is 6.74. The molecule has 3 aromatic carbocycles. The maximum Gasteiger partial charge on any atom is 0.173 e. The number of fused-ring (bicyclic) bond motifs is 2. The first-order valence-electron chi connectivity index (χ1n) is 11.7. The summed E-state index contributed by atoms with van der Waals surface area (Å²) in [5.74, 6) is 0.422. The number of aromatic hydroxyl groups is 1. The molecular formula is C29H26FN3O2. The molecule has 1 aliphatic heterocycles. The Morgan fingerprint density at radius 1 is 1.00 bits per heavy atom. The fourth-order valence-corrected chi connectivity index (χ4v) is 4.48. The molecule has 0 saturated carbocycles. The lowest BCUT2D eigenvalue weighted by atomic mass is 9.98. The number of phenolic OH excluding ortho intramolecular Hbond substituents is 1. The quantitative estimate of drug-likeness (QED) is 0.297. The molecule has 0 bridgehead atoms. The number of ketones is 1. The van der Waals surface area contributed by atoms with Crippen molar-refractivity contribution >= 4 is 28.7 Å². The van der Waals surface area contributed by atoms with Crippen molar-refractivity contribution in [3.05, 3.63) is 107 Å². The Balaban J connectivity index is 1.35. The molecule has 0 radical (unpaired) electrons. The molecule has 0 unspecified atom stereocenters. The smallest absolute Gasteiger partial charge is 0.173 e. The number of aromatic nitrogens is 1. The largest absolute Gasteiger partial charge is 0.508 e. The Hall–Kier alpha value is -4.19. The van der Waals surface area contributed by atoms with Gasteiger partial charge in [-0.1, -0.05) is 30.3 Å². The highest BCUT2D eigenvalue weighted by Crippen LogP contribution is 2.35. The third-order valence-electron chi connectivity index (χ3n) is 6.31. The first kappa shape index (κ1) is 22.6. The molecule has 1 aromatic heterocycles. The van der Waals surface area contributed by atoms with Crippen molar-refractivity contribution in [2.75, 3.05) is 10.6 Å². The standard InChI is InChI=1S/C29H26FN3O2/c1-18-8-10-23(34)17-26(18)32-25-12-13-31-29-28(25)27(35)16-21-14-20(9-11-24(21)33-29)5-2-4-19-6-3-7-22(30)15-19/h3,6-15,17,34H,2,4-5,16H2,1H3,(H2,31,32,33). The van der Waals surface area contributed by atoms with Gasteiger partial charge < -0.3 is 15.7 Å². The summed E-state index contributed by atoms with van der Waals surface area (Å²) in [6, 6.07) is 19.7. The number of aryl methyl sites for hydroxylation is 3. The van der Waals surface area contributed by atoms with Crippen LogP contribution in [-0.2, 0) is 19.3 Å². The normalized spacial score (nSPS) is 12.3. The number of hydrogen-bond acceptors (Lipinski definition) is 5. The Morgan fingerprint density at radius 3 is 2.66 bits per heavy atom. The Bertz CT molecular complexity index is 1420. The van der Waals surface area contributed by atoms with Gasteiger partial charge in [-0.2, -0.15) is 0 Å². The van der Waals surface area contributed by atoms with Crippen LogP contribution in [0.2, 0.25) is 0 Å². The van der Waals surface area contributed by atoms with Gasteiger partial charge in [0, 0.05) is 30.1 Å². The van der Waals surface area contributed by atoms with Crippen molar-refractivity contribution < 1.29 is 14.3 Å². The van der Waals surface area contributed by atoms with E-state index in [1.165, 1.54) is 6.07 Å². The average molecular weight is 468 g/mol. The molecule has 6 heteroatoms. The molecule has 176 valence electrons. The lowest BCUT2D eigenvalue weighted by molar-refractivity contribution is 0.0995. The summed E-state index contributed by atoms with van der Waals surface area (Å²) < 4.78 is 13.4. The van der Waals surface area contributed by atoms with Crippen LogP contribution in [0.25, 0.3) is 0 Å². The van der Waals surface area contributed by atoms with Gasteiger partial charge in [0.05, 0.1) is 11.3 Å². The third-order valence-corrected chi connectivity index (χ3v) is 6.31. The molecule has 0 amide bonds. The zero-order valence-electron chi connectivity index (χ0n) is 19.4. The second-order valence-corrected chi connectivity index (χ2v) is 8.91. The Labute approximate surface area is 203 Å². The van der Waals surface area contributed by atoms with Crippen LogP contribution in [0.5, 0.6) is 5.75 Å². The lowest BCUT2D eigenvalue weighted by Gasteiger charge is -2.15. The van der Waals surface area contributed by atoms with E-state index >= 15 is 0 Å². The molecule has 2 heterocycles. The SMILES string of the molecule is Cc1ccc(O)cc1Nc1ccnc2c1C(=O)Cc1cc(CCCc3cccc(F)c3)ccc1N2. The van der Waals surface area contributed by atoms with Gasteiger partial charge in [0.1, 0.15) is 17.4 Å². The van der Waals surface area contributed by atoms with Gasteiger partial charge in [0.2, 0.25) is 0 Å². The predicted octanol–water partition coefficient (Wildman–Crippen LogP) is 6.64. The fraction of sp³-hybridized carbons (Fsp3) is 0.172. The van der Waals surface area contributed by atoms with Crippen LogP contribution in [0, 0.1) is 12.7 Å². The summed E-state index contributed by atoms with van der Waals surface area (Å²) in [4.78, 5) is 17.8. The summed E-state index contributed by atoms with van der Waals surface area (Å²) in [7, 11) is 0. The number of halogens is 1. The van der Waals surface area contributed by atoms with E-state index < -0.39 is 0 Å². The Morgan fingerprint density at radius 2 is 1.83 bits per heavy atom. The minimum Gasteiger partial charge on any atom is -0.508 e. The lowest BCUT2D eigenvalue weighted by Crippen LogP contribution is -2.08. The maximum absolute atomic E-state index is 13.4. The van der Waals surface area contributed by atoms with E-state index in [2.05, 4.69) is 27.8 Å². The number of carbonyl (C=O) groups excluding carboxylic acids is 1. The number of nitrogens with zero attached hydrogens (tertiary/aromatic N) is 1. The van der Waals surface area contributed by atoms with Crippen molar-refractivity contribution in [3.8, 4) is 5.75 Å². The number of phenols is 1. The summed E-state index contributed by atoms with van der Waals surface area (Å²) in [6.45, 7) is 1.94. The van der Waals surface area contributed by atoms with E-state index in [0.29, 0.717) is 17.1 Å². The van der Waals surface area contributed by atoms with Crippen LogP contribution in [0.15, 0.2) is 72.9 Å². The van der Waals surface area contributed by atoms with Gasteiger partial charge in [-0.15, -0.1) is 0 Å². The highest BCUT2D eigenvalue weighted by molar-refractivity contribution is 6.09. The van der Waals surface area contributed by atoms with E-state index in [-0.39, 0.29) is 23.8 Å². The zero-order chi connectivity index (χ0) is 24.4. The fourth-order valence-electron chi connectivity index (χ4n) is 4.48.